The van der Waals surface area contributed by atoms with Gasteiger partial charge in [-0.3, -0.25) is 14.4 Å². The number of carbonyl (C=O) groups is 4. The minimum atomic E-state index is -1.03. The lowest BCUT2D eigenvalue weighted by atomic mass is 9.97. The minimum Gasteiger partial charge on any atom is -0.480 e. The van der Waals surface area contributed by atoms with Crippen LogP contribution in [0.15, 0.2) is 0 Å². The molecule has 0 spiro atoms. The fourth-order valence-electron chi connectivity index (χ4n) is 3.24. The van der Waals surface area contributed by atoms with E-state index < -0.39 is 42.1 Å². The van der Waals surface area contributed by atoms with E-state index in [9.17, 15) is 24.3 Å². The second kappa shape index (κ2) is 9.16. The van der Waals surface area contributed by atoms with Gasteiger partial charge in [0.2, 0.25) is 5.91 Å². The molecule has 3 amide bonds. The van der Waals surface area contributed by atoms with Gasteiger partial charge in [-0.25, -0.2) is 4.79 Å². The first-order chi connectivity index (χ1) is 12.8. The summed E-state index contributed by atoms with van der Waals surface area (Å²) in [5, 5.41) is 14.7. The molecular formula is C18H29N3O6. The van der Waals surface area contributed by atoms with Gasteiger partial charge in [-0.2, -0.15) is 0 Å². The molecule has 0 unspecified atom stereocenters. The number of ether oxygens (including phenoxy) is 1. The van der Waals surface area contributed by atoms with E-state index in [1.165, 1.54) is 4.90 Å². The molecule has 2 heterocycles. The van der Waals surface area contributed by atoms with Crippen LogP contribution in [0.5, 0.6) is 0 Å². The number of rotatable bonds is 9. The van der Waals surface area contributed by atoms with Crippen molar-refractivity contribution in [3.63, 3.8) is 0 Å². The molecule has 0 aromatic carbocycles. The standard InChI is InChI=1S/C18H29N3O6/c1-4-8-19-15(22)13-14(27-13)16(23)20-12(10(3)5-2)17(24)21-9-6-7-11(21)18(25)26/h10-14H,4-9H2,1-3H3,(H,19,22)(H,20,23)(H,25,26)/t10-,11+,12-,13-,14-/m0/s1. The van der Waals surface area contributed by atoms with Crippen molar-refractivity contribution in [3.05, 3.63) is 0 Å². The third-order valence-electron chi connectivity index (χ3n) is 5.16. The van der Waals surface area contributed by atoms with Crippen molar-refractivity contribution >= 4 is 23.7 Å². The molecule has 0 radical (unpaired) electrons. The second-order valence-electron chi connectivity index (χ2n) is 7.17. The normalized spacial score (nSPS) is 26.2. The Bertz CT molecular complexity index is 596. The first-order valence-electron chi connectivity index (χ1n) is 9.58. The van der Waals surface area contributed by atoms with Crippen molar-refractivity contribution in [1.29, 1.82) is 0 Å². The van der Waals surface area contributed by atoms with Gasteiger partial charge >= 0.3 is 5.97 Å². The highest BCUT2D eigenvalue weighted by atomic mass is 16.6. The smallest absolute Gasteiger partial charge is 0.326 e. The molecule has 152 valence electrons. The van der Waals surface area contributed by atoms with Crippen molar-refractivity contribution in [2.45, 2.75) is 70.7 Å². The highest BCUT2D eigenvalue weighted by Crippen LogP contribution is 2.25. The van der Waals surface area contributed by atoms with Gasteiger partial charge < -0.3 is 25.4 Å². The average Bonchev–Trinajstić information content (AvgIpc) is 3.30. The summed E-state index contributed by atoms with van der Waals surface area (Å²) in [7, 11) is 0. The molecule has 27 heavy (non-hydrogen) atoms. The van der Waals surface area contributed by atoms with Crippen LogP contribution >= 0.6 is 0 Å². The second-order valence-corrected chi connectivity index (χ2v) is 7.17. The van der Waals surface area contributed by atoms with Crippen LogP contribution in [0.1, 0.15) is 46.5 Å². The lowest BCUT2D eigenvalue weighted by Gasteiger charge is -2.30. The average molecular weight is 383 g/mol. The molecular weight excluding hydrogens is 354 g/mol. The van der Waals surface area contributed by atoms with Crippen molar-refractivity contribution in [1.82, 2.24) is 15.5 Å². The van der Waals surface area contributed by atoms with E-state index in [1.807, 2.05) is 20.8 Å². The minimum absolute atomic E-state index is 0.178. The molecule has 0 bridgehead atoms. The quantitative estimate of drug-likeness (QED) is 0.477. The van der Waals surface area contributed by atoms with E-state index in [0.717, 1.165) is 6.42 Å². The lowest BCUT2D eigenvalue weighted by molar-refractivity contribution is -0.150. The zero-order chi connectivity index (χ0) is 20.1. The number of likely N-dealkylation sites (tertiary alicyclic amines) is 1. The van der Waals surface area contributed by atoms with Gasteiger partial charge in [0.05, 0.1) is 0 Å². The first kappa shape index (κ1) is 21.1. The number of aliphatic carboxylic acids is 1. The van der Waals surface area contributed by atoms with Crippen LogP contribution < -0.4 is 10.6 Å². The molecule has 0 aromatic heterocycles. The number of carbonyl (C=O) groups excluding carboxylic acids is 3. The highest BCUT2D eigenvalue weighted by Gasteiger charge is 2.51. The summed E-state index contributed by atoms with van der Waals surface area (Å²) in [5.74, 6) is -2.46. The molecule has 2 saturated heterocycles. The van der Waals surface area contributed by atoms with Crippen LogP contribution in [-0.4, -0.2) is 71.1 Å². The third kappa shape index (κ3) is 4.97. The maximum Gasteiger partial charge on any atom is 0.326 e. The number of hydrogen-bond acceptors (Lipinski definition) is 5. The summed E-state index contributed by atoms with van der Waals surface area (Å²) in [6, 6.07) is -1.70. The molecule has 2 aliphatic rings. The topological polar surface area (TPSA) is 128 Å². The summed E-state index contributed by atoms with van der Waals surface area (Å²) in [4.78, 5) is 49.9. The molecule has 2 rings (SSSR count). The number of carboxylic acids is 1. The summed E-state index contributed by atoms with van der Waals surface area (Å²) in [5.41, 5.74) is 0. The van der Waals surface area contributed by atoms with Gasteiger partial charge in [-0.1, -0.05) is 27.2 Å². The SMILES string of the molecule is CCCNC(=O)[C@H]1O[C@@H]1C(=O)N[C@H](C(=O)N1CCC[C@@H]1C(=O)O)[C@@H](C)CC. The number of epoxide rings is 1. The molecule has 5 atom stereocenters. The Morgan fingerprint density at radius 1 is 1.19 bits per heavy atom. The number of nitrogens with one attached hydrogen (secondary N) is 2. The molecule has 3 N–H and O–H groups in total. The van der Waals surface area contributed by atoms with Gasteiger partial charge in [-0.15, -0.1) is 0 Å². The molecule has 2 fully saturated rings. The first-order valence-corrected chi connectivity index (χ1v) is 9.58. The maximum atomic E-state index is 12.9. The number of carboxylic acid groups (broad SMARTS) is 1. The maximum absolute atomic E-state index is 12.9. The van der Waals surface area contributed by atoms with Crippen LogP contribution in [0.3, 0.4) is 0 Å². The van der Waals surface area contributed by atoms with E-state index in [1.54, 1.807) is 0 Å². The fourth-order valence-corrected chi connectivity index (χ4v) is 3.24. The van der Waals surface area contributed by atoms with E-state index in [2.05, 4.69) is 10.6 Å². The van der Waals surface area contributed by atoms with E-state index in [4.69, 9.17) is 4.74 Å². The molecule has 2 aliphatic heterocycles. The van der Waals surface area contributed by atoms with E-state index >= 15 is 0 Å². The number of nitrogens with zero attached hydrogens (tertiary/aromatic N) is 1. The molecule has 0 saturated carbocycles. The van der Waals surface area contributed by atoms with Crippen molar-refractivity contribution in [2.75, 3.05) is 13.1 Å². The Kier molecular flexibility index (Phi) is 7.18. The zero-order valence-electron chi connectivity index (χ0n) is 16.1. The molecule has 0 aliphatic carbocycles. The van der Waals surface area contributed by atoms with Crippen LogP contribution in [0, 0.1) is 5.92 Å². The summed E-state index contributed by atoms with van der Waals surface area (Å²) >= 11 is 0. The Balaban J connectivity index is 2.01. The number of hydrogen-bond donors (Lipinski definition) is 3. The van der Waals surface area contributed by atoms with Crippen molar-refractivity contribution in [2.24, 2.45) is 5.92 Å². The predicted octanol–water partition coefficient (Wildman–Crippen LogP) is -0.113. The van der Waals surface area contributed by atoms with Crippen LogP contribution in [0.2, 0.25) is 0 Å². The third-order valence-corrected chi connectivity index (χ3v) is 5.16. The lowest BCUT2D eigenvalue weighted by Crippen LogP contribution is -2.55. The van der Waals surface area contributed by atoms with E-state index in [-0.39, 0.29) is 11.8 Å². The van der Waals surface area contributed by atoms with Crippen LogP contribution in [0.25, 0.3) is 0 Å². The number of amides is 3. The van der Waals surface area contributed by atoms with Gasteiger partial charge in [-0.05, 0) is 25.2 Å². The van der Waals surface area contributed by atoms with Crippen molar-refractivity contribution in [3.8, 4) is 0 Å². The predicted molar refractivity (Wildman–Crippen MR) is 95.7 cm³/mol. The monoisotopic (exact) mass is 383 g/mol. The van der Waals surface area contributed by atoms with Gasteiger partial charge in [0.15, 0.2) is 12.2 Å². The fraction of sp³-hybridized carbons (Fsp3) is 0.778. The van der Waals surface area contributed by atoms with Gasteiger partial charge in [0.25, 0.3) is 11.8 Å². The van der Waals surface area contributed by atoms with Crippen LogP contribution in [-0.2, 0) is 23.9 Å². The molecule has 9 heteroatoms. The van der Waals surface area contributed by atoms with Gasteiger partial charge in [0.1, 0.15) is 12.1 Å². The Morgan fingerprint density at radius 2 is 1.85 bits per heavy atom. The summed E-state index contributed by atoms with van der Waals surface area (Å²) in [6.07, 6.45) is 0.704. The molecule has 0 aromatic rings. The van der Waals surface area contributed by atoms with Crippen LogP contribution in [0.4, 0.5) is 0 Å². The Hall–Kier alpha value is -2.16. The highest BCUT2D eigenvalue weighted by molar-refractivity contribution is 5.97. The van der Waals surface area contributed by atoms with Crippen molar-refractivity contribution < 1.29 is 29.0 Å². The zero-order valence-corrected chi connectivity index (χ0v) is 16.1. The largest absolute Gasteiger partial charge is 0.480 e. The molecule has 9 nitrogen and oxygen atoms in total. The Morgan fingerprint density at radius 3 is 2.44 bits per heavy atom. The summed E-state index contributed by atoms with van der Waals surface area (Å²) < 4.78 is 5.17. The van der Waals surface area contributed by atoms with Gasteiger partial charge in [0, 0.05) is 13.1 Å². The Labute approximate surface area is 158 Å². The summed E-state index contributed by atoms with van der Waals surface area (Å²) in [6.45, 7) is 6.51. The van der Waals surface area contributed by atoms with E-state index in [0.29, 0.717) is 32.4 Å².